The molecule has 0 spiro atoms. The fourth-order valence-corrected chi connectivity index (χ4v) is 2.80. The SMILES string of the molecule is COc1cccc(SCC(=O)NC(C)Cc2ccccn2)c1. The zero-order valence-electron chi connectivity index (χ0n) is 12.8. The van der Waals surface area contributed by atoms with Crippen molar-refractivity contribution >= 4 is 17.7 Å². The summed E-state index contributed by atoms with van der Waals surface area (Å²) in [5.41, 5.74) is 0.982. The predicted octanol–water partition coefficient (Wildman–Crippen LogP) is 2.93. The van der Waals surface area contributed by atoms with Crippen LogP contribution in [-0.4, -0.2) is 29.8 Å². The number of hydrogen-bond donors (Lipinski definition) is 1. The number of carbonyl (C=O) groups is 1. The van der Waals surface area contributed by atoms with E-state index in [0.717, 1.165) is 22.8 Å². The van der Waals surface area contributed by atoms with Gasteiger partial charge in [-0.2, -0.15) is 0 Å². The number of pyridine rings is 1. The molecule has 0 saturated carbocycles. The Hall–Kier alpha value is -2.01. The first kappa shape index (κ1) is 16.4. The van der Waals surface area contributed by atoms with Crippen molar-refractivity contribution in [2.75, 3.05) is 12.9 Å². The lowest BCUT2D eigenvalue weighted by atomic mass is 10.1. The maximum Gasteiger partial charge on any atom is 0.230 e. The number of rotatable bonds is 7. The van der Waals surface area contributed by atoms with Crippen LogP contribution in [0.5, 0.6) is 5.75 Å². The number of carbonyl (C=O) groups excluding carboxylic acids is 1. The molecule has 116 valence electrons. The van der Waals surface area contributed by atoms with Gasteiger partial charge in [0.1, 0.15) is 5.75 Å². The molecule has 1 amide bonds. The molecule has 0 aliphatic carbocycles. The Morgan fingerprint density at radius 1 is 1.32 bits per heavy atom. The van der Waals surface area contributed by atoms with Crippen molar-refractivity contribution in [1.82, 2.24) is 10.3 Å². The summed E-state index contributed by atoms with van der Waals surface area (Å²) >= 11 is 1.50. The molecule has 2 aromatic rings. The smallest absolute Gasteiger partial charge is 0.230 e. The highest BCUT2D eigenvalue weighted by Crippen LogP contribution is 2.22. The highest BCUT2D eigenvalue weighted by molar-refractivity contribution is 8.00. The summed E-state index contributed by atoms with van der Waals surface area (Å²) in [7, 11) is 1.63. The summed E-state index contributed by atoms with van der Waals surface area (Å²) in [6.07, 6.45) is 2.50. The van der Waals surface area contributed by atoms with E-state index in [9.17, 15) is 4.79 Å². The van der Waals surface area contributed by atoms with E-state index >= 15 is 0 Å². The molecule has 1 unspecified atom stereocenters. The van der Waals surface area contributed by atoms with Crippen LogP contribution in [0.4, 0.5) is 0 Å². The molecule has 0 fully saturated rings. The average Bonchev–Trinajstić information content (AvgIpc) is 2.54. The van der Waals surface area contributed by atoms with Crippen molar-refractivity contribution < 1.29 is 9.53 Å². The number of nitrogens with zero attached hydrogens (tertiary/aromatic N) is 1. The van der Waals surface area contributed by atoms with Crippen LogP contribution in [-0.2, 0) is 11.2 Å². The van der Waals surface area contributed by atoms with Crippen LogP contribution in [0.25, 0.3) is 0 Å². The molecule has 1 N–H and O–H groups in total. The average molecular weight is 316 g/mol. The van der Waals surface area contributed by atoms with E-state index in [1.165, 1.54) is 11.8 Å². The van der Waals surface area contributed by atoms with Gasteiger partial charge in [-0.15, -0.1) is 11.8 Å². The Balaban J connectivity index is 1.77. The van der Waals surface area contributed by atoms with Gasteiger partial charge in [0.15, 0.2) is 0 Å². The number of benzene rings is 1. The molecule has 2 rings (SSSR count). The highest BCUT2D eigenvalue weighted by atomic mass is 32.2. The molecule has 0 aliphatic rings. The summed E-state index contributed by atoms with van der Waals surface area (Å²) in [5.74, 6) is 1.21. The zero-order valence-corrected chi connectivity index (χ0v) is 13.6. The summed E-state index contributed by atoms with van der Waals surface area (Å²) in [5, 5.41) is 3.00. The van der Waals surface area contributed by atoms with Crippen LogP contribution in [0, 0.1) is 0 Å². The Morgan fingerprint density at radius 2 is 2.18 bits per heavy atom. The van der Waals surface area contributed by atoms with Gasteiger partial charge >= 0.3 is 0 Å². The Morgan fingerprint density at radius 3 is 2.91 bits per heavy atom. The van der Waals surface area contributed by atoms with E-state index in [1.807, 2.05) is 49.4 Å². The van der Waals surface area contributed by atoms with Gasteiger partial charge in [0.05, 0.1) is 12.9 Å². The number of nitrogens with one attached hydrogen (secondary N) is 1. The van der Waals surface area contributed by atoms with Crippen LogP contribution < -0.4 is 10.1 Å². The van der Waals surface area contributed by atoms with Crippen molar-refractivity contribution in [2.45, 2.75) is 24.3 Å². The lowest BCUT2D eigenvalue weighted by Gasteiger charge is -2.13. The first-order chi connectivity index (χ1) is 10.7. The first-order valence-corrected chi connectivity index (χ1v) is 8.12. The molecule has 0 radical (unpaired) electrons. The van der Waals surface area contributed by atoms with Crippen molar-refractivity contribution in [3.8, 4) is 5.75 Å². The maximum atomic E-state index is 12.0. The second-order valence-electron chi connectivity index (χ2n) is 4.96. The van der Waals surface area contributed by atoms with Gasteiger partial charge in [0.2, 0.25) is 5.91 Å². The third-order valence-corrected chi connectivity index (χ3v) is 4.05. The third kappa shape index (κ3) is 5.41. The van der Waals surface area contributed by atoms with E-state index in [-0.39, 0.29) is 11.9 Å². The van der Waals surface area contributed by atoms with Crippen molar-refractivity contribution in [1.29, 1.82) is 0 Å². The molecule has 5 heteroatoms. The van der Waals surface area contributed by atoms with Crippen molar-refractivity contribution in [3.05, 3.63) is 54.4 Å². The molecule has 1 atom stereocenters. The summed E-state index contributed by atoms with van der Waals surface area (Å²) in [6.45, 7) is 1.99. The van der Waals surface area contributed by atoms with Gasteiger partial charge in [0, 0.05) is 29.2 Å². The molecule has 22 heavy (non-hydrogen) atoms. The summed E-state index contributed by atoms with van der Waals surface area (Å²) in [4.78, 5) is 17.3. The standard InChI is InChI=1S/C17H20N2O2S/c1-13(10-14-6-3-4-9-18-14)19-17(20)12-22-16-8-5-7-15(11-16)21-2/h3-9,11,13H,10,12H2,1-2H3,(H,19,20). The van der Waals surface area contributed by atoms with Crippen LogP contribution >= 0.6 is 11.8 Å². The number of hydrogen-bond acceptors (Lipinski definition) is 4. The normalized spacial score (nSPS) is 11.7. The number of amides is 1. The van der Waals surface area contributed by atoms with E-state index in [1.54, 1.807) is 13.3 Å². The van der Waals surface area contributed by atoms with Gasteiger partial charge in [-0.25, -0.2) is 0 Å². The van der Waals surface area contributed by atoms with Gasteiger partial charge in [-0.05, 0) is 37.3 Å². The minimum absolute atomic E-state index is 0.0243. The fraction of sp³-hybridized carbons (Fsp3) is 0.294. The second kappa shape index (κ2) is 8.44. The molecule has 1 aromatic heterocycles. The fourth-order valence-electron chi connectivity index (χ4n) is 2.04. The highest BCUT2D eigenvalue weighted by Gasteiger charge is 2.09. The predicted molar refractivity (Wildman–Crippen MR) is 89.3 cm³/mol. The minimum atomic E-state index is 0.0243. The molecular weight excluding hydrogens is 296 g/mol. The number of methoxy groups -OCH3 is 1. The van der Waals surface area contributed by atoms with Gasteiger partial charge in [-0.1, -0.05) is 12.1 Å². The van der Waals surface area contributed by atoms with E-state index < -0.39 is 0 Å². The quantitative estimate of drug-likeness (QED) is 0.798. The van der Waals surface area contributed by atoms with Gasteiger partial charge in [-0.3, -0.25) is 9.78 Å². The molecule has 0 saturated heterocycles. The number of aromatic nitrogens is 1. The molecule has 0 aliphatic heterocycles. The monoisotopic (exact) mass is 316 g/mol. The summed E-state index contributed by atoms with van der Waals surface area (Å²) in [6, 6.07) is 13.6. The largest absolute Gasteiger partial charge is 0.497 e. The topological polar surface area (TPSA) is 51.2 Å². The summed E-state index contributed by atoms with van der Waals surface area (Å²) < 4.78 is 5.17. The molecule has 0 bridgehead atoms. The second-order valence-corrected chi connectivity index (χ2v) is 6.01. The Kier molecular flexibility index (Phi) is 6.27. The lowest BCUT2D eigenvalue weighted by molar-refractivity contribution is -0.119. The Bertz CT molecular complexity index is 605. The number of thioether (sulfide) groups is 1. The van der Waals surface area contributed by atoms with Crippen LogP contribution in [0.15, 0.2) is 53.6 Å². The lowest BCUT2D eigenvalue weighted by Crippen LogP contribution is -2.35. The molecule has 4 nitrogen and oxygen atoms in total. The van der Waals surface area contributed by atoms with E-state index in [0.29, 0.717) is 5.75 Å². The Labute approximate surface area is 135 Å². The van der Waals surface area contributed by atoms with Gasteiger partial charge < -0.3 is 10.1 Å². The van der Waals surface area contributed by atoms with Crippen LogP contribution in [0.3, 0.4) is 0 Å². The van der Waals surface area contributed by atoms with Crippen molar-refractivity contribution in [3.63, 3.8) is 0 Å². The third-order valence-electron chi connectivity index (χ3n) is 3.06. The molecule has 1 heterocycles. The molecular formula is C17H20N2O2S. The zero-order chi connectivity index (χ0) is 15.8. The van der Waals surface area contributed by atoms with Crippen molar-refractivity contribution in [2.24, 2.45) is 0 Å². The molecule has 1 aromatic carbocycles. The maximum absolute atomic E-state index is 12.0. The van der Waals surface area contributed by atoms with Crippen LogP contribution in [0.2, 0.25) is 0 Å². The van der Waals surface area contributed by atoms with Gasteiger partial charge in [0.25, 0.3) is 0 Å². The van der Waals surface area contributed by atoms with E-state index in [2.05, 4.69) is 10.3 Å². The first-order valence-electron chi connectivity index (χ1n) is 7.13. The van der Waals surface area contributed by atoms with Crippen LogP contribution in [0.1, 0.15) is 12.6 Å². The van der Waals surface area contributed by atoms with E-state index in [4.69, 9.17) is 4.74 Å². The number of ether oxygens (including phenoxy) is 1. The minimum Gasteiger partial charge on any atom is -0.497 e.